The van der Waals surface area contributed by atoms with E-state index < -0.39 is 0 Å². The second-order valence-electron chi connectivity index (χ2n) is 5.47. The summed E-state index contributed by atoms with van der Waals surface area (Å²) in [5.41, 5.74) is 1.02. The van der Waals surface area contributed by atoms with Crippen LogP contribution in [-0.2, 0) is 11.3 Å². The van der Waals surface area contributed by atoms with Crippen molar-refractivity contribution < 1.29 is 4.79 Å². The molecule has 5 heteroatoms. The van der Waals surface area contributed by atoms with Crippen LogP contribution in [0.5, 0.6) is 0 Å². The molecule has 2 heterocycles. The monoisotopic (exact) mass is 285 g/mol. The van der Waals surface area contributed by atoms with Crippen LogP contribution in [0, 0.1) is 6.92 Å². The average Bonchev–Trinajstić information content (AvgIpc) is 2.51. The van der Waals surface area contributed by atoms with Gasteiger partial charge in [-0.1, -0.05) is 17.7 Å². The number of carbonyl (C=O) groups excluding carboxylic acids is 1. The number of aromatic nitrogens is 1. The minimum Gasteiger partial charge on any atom is -0.339 e. The van der Waals surface area contributed by atoms with Gasteiger partial charge in [0.15, 0.2) is 0 Å². The largest absolute Gasteiger partial charge is 0.339 e. The highest BCUT2D eigenvalue weighted by Crippen LogP contribution is 2.11. The van der Waals surface area contributed by atoms with Gasteiger partial charge < -0.3 is 14.8 Å². The number of hydrogen-bond acceptors (Lipinski definition) is 3. The number of pyridine rings is 1. The number of rotatable bonds is 2. The summed E-state index contributed by atoms with van der Waals surface area (Å²) in [7, 11) is 0. The van der Waals surface area contributed by atoms with Crippen LogP contribution in [0.3, 0.4) is 0 Å². The van der Waals surface area contributed by atoms with Gasteiger partial charge in [-0.25, -0.2) is 0 Å². The molecule has 3 rings (SSSR count). The first kappa shape index (κ1) is 13.8. The summed E-state index contributed by atoms with van der Waals surface area (Å²) in [6.07, 6.45) is 1.71. The molecule has 5 nitrogen and oxygen atoms in total. The van der Waals surface area contributed by atoms with Crippen molar-refractivity contribution in [2.45, 2.75) is 13.5 Å². The summed E-state index contributed by atoms with van der Waals surface area (Å²) in [5.74, 6) is 0.00469. The Morgan fingerprint density at radius 1 is 1.24 bits per heavy atom. The molecule has 1 N–H and O–H groups in total. The summed E-state index contributed by atoms with van der Waals surface area (Å²) < 4.78 is 1.50. The SMILES string of the molecule is Cc1ccc2c(=O)n(CC(=O)N3CCNCC3)ccc2c1. The minimum absolute atomic E-state index is 0.00469. The van der Waals surface area contributed by atoms with Crippen LogP contribution in [0.4, 0.5) is 0 Å². The lowest BCUT2D eigenvalue weighted by molar-refractivity contribution is -0.132. The minimum atomic E-state index is -0.101. The van der Waals surface area contributed by atoms with E-state index in [0.717, 1.165) is 24.0 Å². The van der Waals surface area contributed by atoms with E-state index in [-0.39, 0.29) is 18.0 Å². The van der Waals surface area contributed by atoms with Crippen LogP contribution in [0.1, 0.15) is 5.56 Å². The number of fused-ring (bicyclic) bond motifs is 1. The van der Waals surface area contributed by atoms with Crippen molar-refractivity contribution in [3.63, 3.8) is 0 Å². The van der Waals surface area contributed by atoms with Crippen LogP contribution in [0.2, 0.25) is 0 Å². The first-order valence-electron chi connectivity index (χ1n) is 7.23. The predicted octanol–water partition coefficient (Wildman–Crippen LogP) is 0.742. The smallest absolute Gasteiger partial charge is 0.258 e. The number of benzene rings is 1. The maximum absolute atomic E-state index is 12.4. The zero-order valence-electron chi connectivity index (χ0n) is 12.1. The van der Waals surface area contributed by atoms with Crippen LogP contribution in [0.15, 0.2) is 35.3 Å². The van der Waals surface area contributed by atoms with Crippen molar-refractivity contribution in [1.29, 1.82) is 0 Å². The third-order valence-electron chi connectivity index (χ3n) is 3.91. The molecule has 2 aromatic rings. The quantitative estimate of drug-likeness (QED) is 0.885. The molecule has 0 unspecified atom stereocenters. The standard InChI is InChI=1S/C16H19N3O2/c1-12-2-3-14-13(10-12)4-7-19(16(14)21)11-15(20)18-8-5-17-6-9-18/h2-4,7,10,17H,5-6,8-9,11H2,1H3. The Bertz CT molecular complexity index is 730. The van der Waals surface area contributed by atoms with Crippen molar-refractivity contribution in [3.05, 3.63) is 46.4 Å². The Hall–Kier alpha value is -2.14. The van der Waals surface area contributed by atoms with Crippen molar-refractivity contribution in [2.24, 2.45) is 0 Å². The van der Waals surface area contributed by atoms with Crippen LogP contribution in [0.25, 0.3) is 10.8 Å². The highest BCUT2D eigenvalue weighted by molar-refractivity contribution is 5.82. The van der Waals surface area contributed by atoms with Gasteiger partial charge in [0, 0.05) is 37.8 Å². The van der Waals surface area contributed by atoms with E-state index in [9.17, 15) is 9.59 Å². The van der Waals surface area contributed by atoms with E-state index in [2.05, 4.69) is 5.32 Å². The van der Waals surface area contributed by atoms with E-state index in [1.807, 2.05) is 36.1 Å². The molecule has 0 atom stereocenters. The fourth-order valence-corrected chi connectivity index (χ4v) is 2.69. The first-order chi connectivity index (χ1) is 10.1. The van der Waals surface area contributed by atoms with E-state index in [1.54, 1.807) is 6.20 Å². The van der Waals surface area contributed by atoms with Gasteiger partial charge in [0.2, 0.25) is 5.91 Å². The predicted molar refractivity (Wildman–Crippen MR) is 82.4 cm³/mol. The number of piperazine rings is 1. The highest BCUT2D eigenvalue weighted by atomic mass is 16.2. The first-order valence-corrected chi connectivity index (χ1v) is 7.23. The molecule has 1 aliphatic rings. The van der Waals surface area contributed by atoms with Crippen molar-refractivity contribution >= 4 is 16.7 Å². The van der Waals surface area contributed by atoms with Gasteiger partial charge in [0.05, 0.1) is 0 Å². The lowest BCUT2D eigenvalue weighted by atomic mass is 10.1. The van der Waals surface area contributed by atoms with Crippen LogP contribution in [-0.4, -0.2) is 41.6 Å². The molecule has 0 aliphatic carbocycles. The third kappa shape index (κ3) is 2.83. The topological polar surface area (TPSA) is 54.3 Å². The molecule has 0 spiro atoms. The summed E-state index contributed by atoms with van der Waals surface area (Å²) in [5, 5.41) is 4.80. The molecular weight excluding hydrogens is 266 g/mol. The number of amides is 1. The molecule has 1 aromatic heterocycles. The summed E-state index contributed by atoms with van der Waals surface area (Å²) >= 11 is 0. The normalized spacial score (nSPS) is 15.4. The lowest BCUT2D eigenvalue weighted by Crippen LogP contribution is -2.48. The number of nitrogens with one attached hydrogen (secondary N) is 1. The summed E-state index contributed by atoms with van der Waals surface area (Å²) in [6, 6.07) is 7.64. The van der Waals surface area contributed by atoms with Crippen molar-refractivity contribution in [1.82, 2.24) is 14.8 Å². The van der Waals surface area contributed by atoms with Gasteiger partial charge >= 0.3 is 0 Å². The molecule has 0 radical (unpaired) electrons. The molecule has 1 saturated heterocycles. The fraction of sp³-hybridized carbons (Fsp3) is 0.375. The fourth-order valence-electron chi connectivity index (χ4n) is 2.69. The second kappa shape index (κ2) is 5.69. The molecular formula is C16H19N3O2. The summed E-state index contributed by atoms with van der Waals surface area (Å²) in [4.78, 5) is 26.5. The third-order valence-corrected chi connectivity index (χ3v) is 3.91. The van der Waals surface area contributed by atoms with Gasteiger partial charge in [0.25, 0.3) is 5.56 Å². The number of aryl methyl sites for hydroxylation is 1. The second-order valence-corrected chi connectivity index (χ2v) is 5.47. The Morgan fingerprint density at radius 2 is 2.00 bits per heavy atom. The van der Waals surface area contributed by atoms with Crippen molar-refractivity contribution in [2.75, 3.05) is 26.2 Å². The zero-order chi connectivity index (χ0) is 14.8. The number of hydrogen-bond donors (Lipinski definition) is 1. The Labute approximate surface area is 123 Å². The van der Waals surface area contributed by atoms with Crippen molar-refractivity contribution in [3.8, 4) is 0 Å². The van der Waals surface area contributed by atoms with Gasteiger partial charge in [-0.3, -0.25) is 9.59 Å². The Balaban J connectivity index is 1.87. The Kier molecular flexibility index (Phi) is 3.75. The van der Waals surface area contributed by atoms with Gasteiger partial charge in [-0.05, 0) is 24.4 Å². The maximum Gasteiger partial charge on any atom is 0.258 e. The maximum atomic E-state index is 12.4. The molecule has 1 fully saturated rings. The summed E-state index contributed by atoms with van der Waals surface area (Å²) in [6.45, 7) is 5.16. The number of nitrogens with zero attached hydrogens (tertiary/aromatic N) is 2. The Morgan fingerprint density at radius 3 is 2.76 bits per heavy atom. The van der Waals surface area contributed by atoms with E-state index in [4.69, 9.17) is 0 Å². The highest BCUT2D eigenvalue weighted by Gasteiger charge is 2.17. The number of carbonyl (C=O) groups is 1. The molecule has 0 bridgehead atoms. The zero-order valence-corrected chi connectivity index (χ0v) is 12.1. The van der Waals surface area contributed by atoms with Gasteiger partial charge in [0.1, 0.15) is 6.54 Å². The molecule has 1 amide bonds. The molecule has 0 saturated carbocycles. The average molecular weight is 285 g/mol. The lowest BCUT2D eigenvalue weighted by Gasteiger charge is -2.27. The van der Waals surface area contributed by atoms with Crippen LogP contribution < -0.4 is 10.9 Å². The molecule has 1 aromatic carbocycles. The van der Waals surface area contributed by atoms with E-state index in [0.29, 0.717) is 18.5 Å². The van der Waals surface area contributed by atoms with Gasteiger partial charge in [-0.15, -0.1) is 0 Å². The van der Waals surface area contributed by atoms with E-state index in [1.165, 1.54) is 4.57 Å². The van der Waals surface area contributed by atoms with E-state index >= 15 is 0 Å². The molecule has 110 valence electrons. The van der Waals surface area contributed by atoms with Gasteiger partial charge in [-0.2, -0.15) is 0 Å². The molecule has 21 heavy (non-hydrogen) atoms. The molecule has 1 aliphatic heterocycles. The van der Waals surface area contributed by atoms with Crippen LogP contribution >= 0.6 is 0 Å².